The minimum atomic E-state index is -3.85. The first-order chi connectivity index (χ1) is 9.64. The van der Waals surface area contributed by atoms with Gasteiger partial charge in [-0.25, -0.2) is 8.70 Å². The molecule has 118 valence electrons. The van der Waals surface area contributed by atoms with Crippen LogP contribution in [0.25, 0.3) is 0 Å². The molecule has 0 bridgehead atoms. The zero-order chi connectivity index (χ0) is 16.2. The number of hydrogen-bond donors (Lipinski definition) is 1. The van der Waals surface area contributed by atoms with E-state index in [1.54, 1.807) is 13.8 Å². The lowest BCUT2D eigenvalue weighted by Crippen LogP contribution is -2.46. The number of carbonyl (C=O) groups is 1. The van der Waals surface area contributed by atoms with Crippen molar-refractivity contribution in [2.24, 2.45) is 0 Å². The van der Waals surface area contributed by atoms with Crippen LogP contribution in [0.4, 0.5) is 10.1 Å². The second kappa shape index (κ2) is 6.86. The highest BCUT2D eigenvalue weighted by atomic mass is 32.2. The van der Waals surface area contributed by atoms with Gasteiger partial charge in [0.2, 0.25) is 5.91 Å². The summed E-state index contributed by atoms with van der Waals surface area (Å²) in [5.41, 5.74) is 0.226. The SMILES string of the molecule is CC(C)NC(=O)CN(c1ccc(F)cc1)S(=O)(=O)N(C)C. The van der Waals surface area contributed by atoms with Crippen molar-refractivity contribution in [1.29, 1.82) is 0 Å². The average Bonchev–Trinajstić information content (AvgIpc) is 2.36. The first kappa shape index (κ1) is 17.4. The Morgan fingerprint density at radius 2 is 1.76 bits per heavy atom. The van der Waals surface area contributed by atoms with Gasteiger partial charge >= 0.3 is 10.2 Å². The van der Waals surface area contributed by atoms with Crippen molar-refractivity contribution in [1.82, 2.24) is 9.62 Å². The molecule has 0 atom stereocenters. The Bertz CT molecular complexity index is 585. The van der Waals surface area contributed by atoms with Gasteiger partial charge in [-0.3, -0.25) is 4.79 Å². The largest absolute Gasteiger partial charge is 0.352 e. The summed E-state index contributed by atoms with van der Waals surface area (Å²) in [6.45, 7) is 3.19. The molecule has 0 aliphatic heterocycles. The normalized spacial score (nSPS) is 11.8. The van der Waals surface area contributed by atoms with Crippen molar-refractivity contribution in [3.8, 4) is 0 Å². The van der Waals surface area contributed by atoms with Crippen molar-refractivity contribution in [3.63, 3.8) is 0 Å². The topological polar surface area (TPSA) is 69.7 Å². The number of halogens is 1. The van der Waals surface area contributed by atoms with E-state index in [-0.39, 0.29) is 18.3 Å². The Morgan fingerprint density at radius 1 is 1.24 bits per heavy atom. The van der Waals surface area contributed by atoms with Gasteiger partial charge in [-0.05, 0) is 38.1 Å². The molecule has 0 aliphatic carbocycles. The van der Waals surface area contributed by atoms with E-state index in [4.69, 9.17) is 0 Å². The minimum Gasteiger partial charge on any atom is -0.352 e. The lowest BCUT2D eigenvalue weighted by Gasteiger charge is -2.27. The summed E-state index contributed by atoms with van der Waals surface area (Å²) in [6.07, 6.45) is 0. The van der Waals surface area contributed by atoms with Crippen molar-refractivity contribution < 1.29 is 17.6 Å². The molecule has 0 fully saturated rings. The Hall–Kier alpha value is -1.67. The fraction of sp³-hybridized carbons (Fsp3) is 0.462. The van der Waals surface area contributed by atoms with E-state index in [1.165, 1.54) is 26.2 Å². The molecule has 0 saturated heterocycles. The third kappa shape index (κ3) is 4.68. The fourth-order valence-electron chi connectivity index (χ4n) is 1.61. The maximum atomic E-state index is 13.0. The lowest BCUT2D eigenvalue weighted by atomic mass is 10.3. The Kier molecular flexibility index (Phi) is 5.68. The van der Waals surface area contributed by atoms with Crippen LogP contribution in [0.5, 0.6) is 0 Å². The van der Waals surface area contributed by atoms with E-state index in [2.05, 4.69) is 5.32 Å². The minimum absolute atomic E-state index is 0.102. The Balaban J connectivity index is 3.12. The van der Waals surface area contributed by atoms with Gasteiger partial charge in [-0.15, -0.1) is 0 Å². The molecule has 1 N–H and O–H groups in total. The second-order valence-electron chi connectivity index (χ2n) is 5.00. The van der Waals surface area contributed by atoms with Crippen LogP contribution >= 0.6 is 0 Å². The molecule has 0 radical (unpaired) electrons. The molecule has 6 nitrogen and oxygen atoms in total. The third-order valence-corrected chi connectivity index (χ3v) is 4.41. The number of nitrogens with one attached hydrogen (secondary N) is 1. The standard InChI is InChI=1S/C13H20FN3O3S/c1-10(2)15-13(18)9-17(21(19,20)16(3)4)12-7-5-11(14)6-8-12/h5-8,10H,9H2,1-4H3,(H,15,18). The molecule has 0 spiro atoms. The van der Waals surface area contributed by atoms with Crippen LogP contribution < -0.4 is 9.62 Å². The van der Waals surface area contributed by atoms with Gasteiger partial charge in [-0.1, -0.05) is 0 Å². The molecule has 1 rings (SSSR count). The Labute approximate surface area is 124 Å². The predicted octanol–water partition coefficient (Wildman–Crippen LogP) is 0.963. The molecule has 0 saturated carbocycles. The summed E-state index contributed by atoms with van der Waals surface area (Å²) < 4.78 is 39.5. The number of amides is 1. The van der Waals surface area contributed by atoms with E-state index in [0.29, 0.717) is 0 Å². The summed E-state index contributed by atoms with van der Waals surface area (Å²) in [7, 11) is -1.12. The first-order valence-electron chi connectivity index (χ1n) is 6.39. The van der Waals surface area contributed by atoms with Crippen LogP contribution in [-0.2, 0) is 15.0 Å². The zero-order valence-corrected chi connectivity index (χ0v) is 13.3. The highest BCUT2D eigenvalue weighted by Gasteiger charge is 2.27. The summed E-state index contributed by atoms with van der Waals surface area (Å²) in [6, 6.07) is 4.83. The quantitative estimate of drug-likeness (QED) is 0.850. The number of benzene rings is 1. The van der Waals surface area contributed by atoms with E-state index in [1.807, 2.05) is 0 Å². The van der Waals surface area contributed by atoms with Gasteiger partial charge in [0, 0.05) is 20.1 Å². The molecule has 0 aliphatic rings. The molecular formula is C13H20FN3O3S. The van der Waals surface area contributed by atoms with Crippen LogP contribution in [-0.4, -0.2) is 45.3 Å². The van der Waals surface area contributed by atoms with Gasteiger partial charge in [0.15, 0.2) is 0 Å². The average molecular weight is 317 g/mol. The van der Waals surface area contributed by atoms with E-state index in [0.717, 1.165) is 20.7 Å². The first-order valence-corrected chi connectivity index (χ1v) is 7.79. The molecule has 1 aromatic carbocycles. The molecule has 21 heavy (non-hydrogen) atoms. The second-order valence-corrected chi connectivity index (χ2v) is 7.06. The van der Waals surface area contributed by atoms with Crippen molar-refractivity contribution in [3.05, 3.63) is 30.1 Å². The van der Waals surface area contributed by atoms with Gasteiger partial charge < -0.3 is 5.32 Å². The third-order valence-electron chi connectivity index (χ3n) is 2.59. The number of carbonyl (C=O) groups excluding carboxylic acids is 1. The maximum absolute atomic E-state index is 13.0. The van der Waals surface area contributed by atoms with Crippen molar-refractivity contribution in [2.45, 2.75) is 19.9 Å². The van der Waals surface area contributed by atoms with Gasteiger partial charge in [0.1, 0.15) is 12.4 Å². The monoisotopic (exact) mass is 317 g/mol. The molecule has 0 heterocycles. The van der Waals surface area contributed by atoms with Gasteiger partial charge in [-0.2, -0.15) is 12.7 Å². The molecule has 1 aromatic rings. The van der Waals surface area contributed by atoms with Crippen LogP contribution in [0, 0.1) is 5.82 Å². The van der Waals surface area contributed by atoms with Crippen LogP contribution in [0.3, 0.4) is 0 Å². The molecule has 1 amide bonds. The van der Waals surface area contributed by atoms with E-state index < -0.39 is 21.9 Å². The maximum Gasteiger partial charge on any atom is 0.304 e. The highest BCUT2D eigenvalue weighted by molar-refractivity contribution is 7.90. The van der Waals surface area contributed by atoms with Crippen molar-refractivity contribution >= 4 is 21.8 Å². The lowest BCUT2D eigenvalue weighted by molar-refractivity contribution is -0.120. The summed E-state index contributed by atoms with van der Waals surface area (Å²) in [4.78, 5) is 11.9. The molecule has 0 unspecified atom stereocenters. The molecular weight excluding hydrogens is 297 g/mol. The van der Waals surface area contributed by atoms with Crippen LogP contribution in [0.1, 0.15) is 13.8 Å². The summed E-state index contributed by atoms with van der Waals surface area (Å²) >= 11 is 0. The number of hydrogen-bond acceptors (Lipinski definition) is 3. The zero-order valence-electron chi connectivity index (χ0n) is 12.5. The molecule has 0 aromatic heterocycles. The number of nitrogens with zero attached hydrogens (tertiary/aromatic N) is 2. The predicted molar refractivity (Wildman–Crippen MR) is 79.6 cm³/mol. The highest BCUT2D eigenvalue weighted by Crippen LogP contribution is 2.19. The van der Waals surface area contributed by atoms with Crippen molar-refractivity contribution in [2.75, 3.05) is 24.9 Å². The van der Waals surface area contributed by atoms with Gasteiger partial charge in [0.25, 0.3) is 0 Å². The van der Waals surface area contributed by atoms with Crippen LogP contribution in [0.15, 0.2) is 24.3 Å². The number of rotatable bonds is 6. The molecule has 8 heteroatoms. The Morgan fingerprint density at radius 3 is 2.19 bits per heavy atom. The van der Waals surface area contributed by atoms with Crippen LogP contribution in [0.2, 0.25) is 0 Å². The smallest absolute Gasteiger partial charge is 0.304 e. The summed E-state index contributed by atoms with van der Waals surface area (Å²) in [5, 5.41) is 2.63. The van der Waals surface area contributed by atoms with E-state index >= 15 is 0 Å². The summed E-state index contributed by atoms with van der Waals surface area (Å²) in [5.74, 6) is -0.910. The van der Waals surface area contributed by atoms with E-state index in [9.17, 15) is 17.6 Å². The number of anilines is 1. The van der Waals surface area contributed by atoms with Gasteiger partial charge in [0.05, 0.1) is 5.69 Å². The fourth-order valence-corrected chi connectivity index (χ4v) is 2.67.